The van der Waals surface area contributed by atoms with Crippen LogP contribution in [0.4, 0.5) is 0 Å². The Morgan fingerprint density at radius 2 is 2.25 bits per heavy atom. The highest BCUT2D eigenvalue weighted by atomic mass is 32.2. The molecule has 2 atom stereocenters. The number of rotatable bonds is 6. The molecule has 0 bridgehead atoms. The van der Waals surface area contributed by atoms with Gasteiger partial charge in [-0.15, -0.1) is 21.5 Å². The number of carbonyl (C=O) groups excluding carboxylic acids is 1. The Hall–Kier alpha value is -1.34. The predicted octanol–water partition coefficient (Wildman–Crippen LogP) is 3.81. The minimum Gasteiger partial charge on any atom is -0.352 e. The average Bonchev–Trinajstić information content (AvgIpc) is 3.23. The molecule has 0 aromatic carbocycles. The van der Waals surface area contributed by atoms with Crippen LogP contribution in [-0.2, 0) is 11.3 Å². The fourth-order valence-corrected chi connectivity index (χ4v) is 4.71. The average molecular weight is 365 g/mol. The molecule has 1 aliphatic rings. The van der Waals surface area contributed by atoms with Crippen LogP contribution >= 0.6 is 23.1 Å². The standard InChI is InChI=1S/C17H24N4OS2/c1-3-21-16(14-9-6-10-23-14)19-20-17(21)24-11-15(22)18-13-8-5-4-7-12(13)2/h6,9-10,12-13H,3-5,7-8,11H2,1-2H3,(H,18,22). The lowest BCUT2D eigenvalue weighted by Gasteiger charge is -2.29. The molecule has 0 spiro atoms. The number of thiophene rings is 1. The van der Waals surface area contributed by atoms with E-state index in [0.717, 1.165) is 28.8 Å². The largest absolute Gasteiger partial charge is 0.352 e. The molecule has 0 radical (unpaired) electrons. The van der Waals surface area contributed by atoms with Gasteiger partial charge in [0.1, 0.15) is 0 Å². The van der Waals surface area contributed by atoms with Gasteiger partial charge in [-0.25, -0.2) is 0 Å². The molecule has 2 heterocycles. The van der Waals surface area contributed by atoms with Gasteiger partial charge in [-0.3, -0.25) is 4.79 Å². The highest BCUT2D eigenvalue weighted by molar-refractivity contribution is 7.99. The molecule has 7 heteroatoms. The molecular weight excluding hydrogens is 340 g/mol. The number of aromatic nitrogens is 3. The van der Waals surface area contributed by atoms with Crippen molar-refractivity contribution in [3.63, 3.8) is 0 Å². The molecule has 1 N–H and O–H groups in total. The maximum atomic E-state index is 12.3. The quantitative estimate of drug-likeness (QED) is 0.792. The van der Waals surface area contributed by atoms with Gasteiger partial charge >= 0.3 is 0 Å². The van der Waals surface area contributed by atoms with E-state index >= 15 is 0 Å². The van der Waals surface area contributed by atoms with E-state index in [-0.39, 0.29) is 5.91 Å². The topological polar surface area (TPSA) is 59.8 Å². The van der Waals surface area contributed by atoms with Crippen LogP contribution in [0, 0.1) is 5.92 Å². The van der Waals surface area contributed by atoms with E-state index in [1.54, 1.807) is 11.3 Å². The Bertz CT molecular complexity index is 668. The van der Waals surface area contributed by atoms with Crippen LogP contribution in [0.3, 0.4) is 0 Å². The Morgan fingerprint density at radius 3 is 2.96 bits per heavy atom. The van der Waals surface area contributed by atoms with Crippen molar-refractivity contribution >= 4 is 29.0 Å². The van der Waals surface area contributed by atoms with Crippen molar-refractivity contribution in [1.29, 1.82) is 0 Å². The summed E-state index contributed by atoms with van der Waals surface area (Å²) in [7, 11) is 0. The van der Waals surface area contributed by atoms with E-state index in [0.29, 0.717) is 17.7 Å². The van der Waals surface area contributed by atoms with Crippen molar-refractivity contribution in [2.75, 3.05) is 5.75 Å². The van der Waals surface area contributed by atoms with Gasteiger partial charge in [0, 0.05) is 12.6 Å². The highest BCUT2D eigenvalue weighted by Gasteiger charge is 2.23. The second kappa shape index (κ2) is 8.16. The zero-order chi connectivity index (χ0) is 16.9. The van der Waals surface area contributed by atoms with E-state index < -0.39 is 0 Å². The highest BCUT2D eigenvalue weighted by Crippen LogP contribution is 2.27. The predicted molar refractivity (Wildman–Crippen MR) is 99.3 cm³/mol. The van der Waals surface area contributed by atoms with Gasteiger partial charge in [0.15, 0.2) is 11.0 Å². The SMILES string of the molecule is CCn1c(SCC(=O)NC2CCCCC2C)nnc1-c1cccs1. The van der Waals surface area contributed by atoms with Crippen LogP contribution in [0.5, 0.6) is 0 Å². The maximum absolute atomic E-state index is 12.3. The molecule has 2 unspecified atom stereocenters. The summed E-state index contributed by atoms with van der Waals surface area (Å²) in [4.78, 5) is 13.4. The lowest BCUT2D eigenvalue weighted by molar-refractivity contribution is -0.119. The number of amides is 1. The van der Waals surface area contributed by atoms with Crippen molar-refractivity contribution in [3.05, 3.63) is 17.5 Å². The van der Waals surface area contributed by atoms with Gasteiger partial charge in [0.2, 0.25) is 5.91 Å². The summed E-state index contributed by atoms with van der Waals surface area (Å²) in [5, 5.41) is 14.6. The lowest BCUT2D eigenvalue weighted by atomic mass is 9.86. The molecule has 0 saturated heterocycles. The number of hydrogen-bond acceptors (Lipinski definition) is 5. The Labute approximate surface area is 151 Å². The maximum Gasteiger partial charge on any atom is 0.230 e. The zero-order valence-corrected chi connectivity index (χ0v) is 15.8. The third kappa shape index (κ3) is 4.00. The van der Waals surface area contributed by atoms with Crippen molar-refractivity contribution in [2.45, 2.75) is 57.3 Å². The number of nitrogens with zero attached hydrogens (tertiary/aromatic N) is 3. The summed E-state index contributed by atoms with van der Waals surface area (Å²) in [6.07, 6.45) is 4.82. The van der Waals surface area contributed by atoms with Gasteiger partial charge in [0.05, 0.1) is 10.6 Å². The van der Waals surface area contributed by atoms with E-state index in [1.807, 2.05) is 17.5 Å². The Balaban J connectivity index is 1.59. The van der Waals surface area contributed by atoms with Crippen LogP contribution in [0.25, 0.3) is 10.7 Å². The van der Waals surface area contributed by atoms with Crippen LogP contribution in [0.15, 0.2) is 22.7 Å². The van der Waals surface area contributed by atoms with Crippen molar-refractivity contribution < 1.29 is 4.79 Å². The van der Waals surface area contributed by atoms with E-state index in [2.05, 4.69) is 33.9 Å². The van der Waals surface area contributed by atoms with E-state index in [4.69, 9.17) is 0 Å². The summed E-state index contributed by atoms with van der Waals surface area (Å²) in [5.41, 5.74) is 0. The first-order valence-electron chi connectivity index (χ1n) is 8.58. The van der Waals surface area contributed by atoms with Crippen molar-refractivity contribution in [1.82, 2.24) is 20.1 Å². The molecule has 1 amide bonds. The Kier molecular flexibility index (Phi) is 5.94. The van der Waals surface area contributed by atoms with Crippen LogP contribution in [-0.4, -0.2) is 32.5 Å². The molecule has 1 fully saturated rings. The number of nitrogens with one attached hydrogen (secondary N) is 1. The molecule has 1 aliphatic carbocycles. The fourth-order valence-electron chi connectivity index (χ4n) is 3.18. The molecular formula is C17H24N4OS2. The third-order valence-electron chi connectivity index (χ3n) is 4.56. The third-order valence-corrected chi connectivity index (χ3v) is 6.40. The second-order valence-corrected chi connectivity index (χ2v) is 8.14. The second-order valence-electron chi connectivity index (χ2n) is 6.25. The molecule has 3 rings (SSSR count). The van der Waals surface area contributed by atoms with Gasteiger partial charge in [0.25, 0.3) is 0 Å². The molecule has 24 heavy (non-hydrogen) atoms. The lowest BCUT2D eigenvalue weighted by Crippen LogP contribution is -2.41. The summed E-state index contributed by atoms with van der Waals surface area (Å²) in [6, 6.07) is 4.39. The zero-order valence-electron chi connectivity index (χ0n) is 14.2. The molecule has 2 aromatic rings. The smallest absolute Gasteiger partial charge is 0.230 e. The number of carbonyl (C=O) groups is 1. The first-order valence-corrected chi connectivity index (χ1v) is 10.4. The molecule has 1 saturated carbocycles. The fraction of sp³-hybridized carbons (Fsp3) is 0.588. The molecule has 0 aliphatic heterocycles. The molecule has 5 nitrogen and oxygen atoms in total. The monoisotopic (exact) mass is 364 g/mol. The summed E-state index contributed by atoms with van der Waals surface area (Å²) >= 11 is 3.12. The number of thioether (sulfide) groups is 1. The van der Waals surface area contributed by atoms with Gasteiger partial charge in [-0.1, -0.05) is 37.6 Å². The van der Waals surface area contributed by atoms with Crippen LogP contribution in [0.2, 0.25) is 0 Å². The minimum atomic E-state index is 0.0991. The van der Waals surface area contributed by atoms with Gasteiger partial charge < -0.3 is 9.88 Å². The molecule has 130 valence electrons. The van der Waals surface area contributed by atoms with E-state index in [1.165, 1.54) is 31.0 Å². The van der Waals surface area contributed by atoms with Crippen molar-refractivity contribution in [3.8, 4) is 10.7 Å². The summed E-state index contributed by atoms with van der Waals surface area (Å²) < 4.78 is 2.08. The first-order chi connectivity index (χ1) is 11.7. The van der Waals surface area contributed by atoms with Gasteiger partial charge in [-0.2, -0.15) is 0 Å². The molecule has 2 aromatic heterocycles. The van der Waals surface area contributed by atoms with Crippen LogP contribution < -0.4 is 5.32 Å². The van der Waals surface area contributed by atoms with E-state index in [9.17, 15) is 4.79 Å². The number of hydrogen-bond donors (Lipinski definition) is 1. The summed E-state index contributed by atoms with van der Waals surface area (Å²) in [5.74, 6) is 1.96. The minimum absolute atomic E-state index is 0.0991. The van der Waals surface area contributed by atoms with Crippen LogP contribution in [0.1, 0.15) is 39.5 Å². The van der Waals surface area contributed by atoms with Gasteiger partial charge in [-0.05, 0) is 37.1 Å². The Morgan fingerprint density at radius 1 is 1.42 bits per heavy atom. The normalized spacial score (nSPS) is 20.9. The summed E-state index contributed by atoms with van der Waals surface area (Å²) in [6.45, 7) is 5.11. The first kappa shape index (κ1) is 17.5. The van der Waals surface area contributed by atoms with Crippen molar-refractivity contribution in [2.24, 2.45) is 5.92 Å².